The van der Waals surface area contributed by atoms with Crippen molar-refractivity contribution in [2.75, 3.05) is 23.7 Å². The average Bonchev–Trinajstić information content (AvgIpc) is 2.56. The van der Waals surface area contributed by atoms with Crippen molar-refractivity contribution in [3.8, 4) is 0 Å². The second kappa shape index (κ2) is 8.30. The first-order valence-corrected chi connectivity index (χ1v) is 8.03. The smallest absolute Gasteiger partial charge is 0.274 e. The third-order valence-electron chi connectivity index (χ3n) is 3.08. The van der Waals surface area contributed by atoms with Crippen LogP contribution in [-0.2, 0) is 11.8 Å². The van der Waals surface area contributed by atoms with Crippen molar-refractivity contribution in [1.29, 1.82) is 0 Å². The molecule has 126 valence electrons. The number of aryl methyl sites for hydroxylation is 1. The minimum atomic E-state index is -0.217. The molecule has 1 amide bonds. The van der Waals surface area contributed by atoms with E-state index in [4.69, 9.17) is 0 Å². The summed E-state index contributed by atoms with van der Waals surface area (Å²) in [6, 6.07) is 7.10. The van der Waals surface area contributed by atoms with Crippen LogP contribution in [0.15, 0.2) is 52.4 Å². The topological polar surface area (TPSA) is 88.0 Å². The highest BCUT2D eigenvalue weighted by Gasteiger charge is 2.05. The third kappa shape index (κ3) is 4.95. The zero-order valence-electron chi connectivity index (χ0n) is 13.2. The van der Waals surface area contributed by atoms with Gasteiger partial charge in [0.25, 0.3) is 5.56 Å². The summed E-state index contributed by atoms with van der Waals surface area (Å²) in [7, 11) is 1.68. The number of hydrogen-bond acceptors (Lipinski definition) is 5. The van der Waals surface area contributed by atoms with Crippen molar-refractivity contribution in [1.82, 2.24) is 14.9 Å². The van der Waals surface area contributed by atoms with E-state index in [-0.39, 0.29) is 11.5 Å². The molecule has 0 bridgehead atoms. The normalized spacial score (nSPS) is 10.1. The van der Waals surface area contributed by atoms with Gasteiger partial charge in [0.05, 0.1) is 0 Å². The summed E-state index contributed by atoms with van der Waals surface area (Å²) in [5, 5.41) is 8.77. The molecule has 2 aromatic rings. The molecule has 3 N–H and O–H groups in total. The number of amides is 1. The Kier molecular flexibility index (Phi) is 6.14. The minimum absolute atomic E-state index is 0.148. The fraction of sp³-hybridized carbons (Fsp3) is 0.188. The van der Waals surface area contributed by atoms with Crippen LogP contribution in [-0.4, -0.2) is 28.5 Å². The molecule has 0 unspecified atom stereocenters. The molecule has 0 saturated heterocycles. The molecule has 0 aliphatic heterocycles. The first-order valence-electron chi connectivity index (χ1n) is 7.24. The van der Waals surface area contributed by atoms with E-state index >= 15 is 0 Å². The van der Waals surface area contributed by atoms with Gasteiger partial charge in [-0.05, 0) is 40.2 Å². The number of pyridine rings is 2. The van der Waals surface area contributed by atoms with E-state index in [0.717, 1.165) is 4.47 Å². The van der Waals surface area contributed by atoms with Crippen molar-refractivity contribution in [3.63, 3.8) is 0 Å². The van der Waals surface area contributed by atoms with Crippen LogP contribution >= 0.6 is 15.9 Å². The van der Waals surface area contributed by atoms with Gasteiger partial charge in [0.1, 0.15) is 17.3 Å². The van der Waals surface area contributed by atoms with Gasteiger partial charge in [-0.3, -0.25) is 9.59 Å². The van der Waals surface area contributed by atoms with E-state index in [0.29, 0.717) is 30.4 Å². The van der Waals surface area contributed by atoms with Gasteiger partial charge in [0.2, 0.25) is 5.91 Å². The summed E-state index contributed by atoms with van der Waals surface area (Å²) in [4.78, 5) is 27.5. The van der Waals surface area contributed by atoms with Crippen LogP contribution in [0.25, 0.3) is 0 Å². The predicted molar refractivity (Wildman–Crippen MR) is 98.6 cm³/mol. The Morgan fingerprint density at radius 2 is 2.12 bits per heavy atom. The lowest BCUT2D eigenvalue weighted by Gasteiger charge is -2.10. The Labute approximate surface area is 147 Å². The fourth-order valence-electron chi connectivity index (χ4n) is 1.95. The first-order chi connectivity index (χ1) is 11.5. The van der Waals surface area contributed by atoms with Gasteiger partial charge in [0, 0.05) is 30.8 Å². The number of carbonyl (C=O) groups is 1. The fourth-order valence-corrected chi connectivity index (χ4v) is 2.49. The molecule has 8 heteroatoms. The maximum absolute atomic E-state index is 12.1. The number of anilines is 3. The van der Waals surface area contributed by atoms with Gasteiger partial charge in [-0.2, -0.15) is 0 Å². The second-order valence-electron chi connectivity index (χ2n) is 4.94. The summed E-state index contributed by atoms with van der Waals surface area (Å²) in [6.07, 6.45) is 2.91. The zero-order valence-corrected chi connectivity index (χ0v) is 14.8. The summed E-state index contributed by atoms with van der Waals surface area (Å²) >= 11 is 3.36. The van der Waals surface area contributed by atoms with E-state index in [1.165, 1.54) is 10.6 Å². The van der Waals surface area contributed by atoms with Crippen molar-refractivity contribution < 1.29 is 4.79 Å². The summed E-state index contributed by atoms with van der Waals surface area (Å²) in [5.41, 5.74) is 0.278. The lowest BCUT2D eigenvalue weighted by Crippen LogP contribution is -2.27. The predicted octanol–water partition coefficient (Wildman–Crippen LogP) is 2.00. The van der Waals surface area contributed by atoms with E-state index in [1.807, 2.05) is 6.07 Å². The summed E-state index contributed by atoms with van der Waals surface area (Å²) in [6.45, 7) is 4.36. The van der Waals surface area contributed by atoms with Crippen molar-refractivity contribution in [2.24, 2.45) is 7.05 Å². The Bertz CT molecular complexity index is 803. The Morgan fingerprint density at radius 3 is 2.88 bits per heavy atom. The summed E-state index contributed by atoms with van der Waals surface area (Å²) in [5.74, 6) is 0.968. The van der Waals surface area contributed by atoms with Crippen molar-refractivity contribution in [2.45, 2.75) is 0 Å². The molecular weight excluding hydrogens is 374 g/mol. The molecular formula is C16H18BrN5O2. The van der Waals surface area contributed by atoms with Crippen LogP contribution in [0.5, 0.6) is 0 Å². The highest BCUT2D eigenvalue weighted by atomic mass is 79.9. The highest BCUT2D eigenvalue weighted by Crippen LogP contribution is 2.17. The summed E-state index contributed by atoms with van der Waals surface area (Å²) < 4.78 is 2.27. The zero-order chi connectivity index (χ0) is 17.5. The maximum Gasteiger partial charge on any atom is 0.274 e. The molecule has 0 saturated carbocycles. The van der Waals surface area contributed by atoms with E-state index in [9.17, 15) is 9.59 Å². The van der Waals surface area contributed by atoms with E-state index in [1.54, 1.807) is 31.4 Å². The number of hydrogen-bond donors (Lipinski definition) is 3. The molecule has 0 aliphatic carbocycles. The molecule has 2 rings (SSSR count). The number of aromatic nitrogens is 2. The average molecular weight is 392 g/mol. The molecule has 7 nitrogen and oxygen atoms in total. The van der Waals surface area contributed by atoms with E-state index < -0.39 is 0 Å². The number of nitrogens with zero attached hydrogens (tertiary/aromatic N) is 2. The molecule has 0 spiro atoms. The Balaban J connectivity index is 2.02. The molecule has 0 fully saturated rings. The number of halogens is 1. The van der Waals surface area contributed by atoms with Crippen molar-refractivity contribution in [3.05, 3.63) is 57.9 Å². The Hall–Kier alpha value is -2.61. The molecule has 2 aromatic heterocycles. The van der Waals surface area contributed by atoms with Gasteiger partial charge < -0.3 is 20.5 Å². The van der Waals surface area contributed by atoms with Gasteiger partial charge >= 0.3 is 0 Å². The van der Waals surface area contributed by atoms with Crippen LogP contribution in [0.4, 0.5) is 17.3 Å². The van der Waals surface area contributed by atoms with Gasteiger partial charge in [0.15, 0.2) is 0 Å². The Morgan fingerprint density at radius 1 is 1.38 bits per heavy atom. The van der Waals surface area contributed by atoms with Gasteiger partial charge in [-0.15, -0.1) is 0 Å². The highest BCUT2D eigenvalue weighted by molar-refractivity contribution is 9.10. The number of rotatable bonds is 7. The van der Waals surface area contributed by atoms with Crippen LogP contribution < -0.4 is 21.5 Å². The molecule has 24 heavy (non-hydrogen) atoms. The maximum atomic E-state index is 12.1. The quantitative estimate of drug-likeness (QED) is 0.496. The van der Waals surface area contributed by atoms with Crippen LogP contribution in [0, 0.1) is 0 Å². The third-order valence-corrected chi connectivity index (χ3v) is 3.51. The largest absolute Gasteiger partial charge is 0.368 e. The lowest BCUT2D eigenvalue weighted by atomic mass is 10.3. The molecule has 0 radical (unpaired) electrons. The first kappa shape index (κ1) is 17.7. The van der Waals surface area contributed by atoms with Crippen LogP contribution in [0.1, 0.15) is 0 Å². The minimum Gasteiger partial charge on any atom is -0.368 e. The van der Waals surface area contributed by atoms with Crippen LogP contribution in [0.2, 0.25) is 0 Å². The second-order valence-corrected chi connectivity index (χ2v) is 5.86. The number of nitrogens with one attached hydrogen (secondary N) is 3. The van der Waals surface area contributed by atoms with Crippen LogP contribution in [0.3, 0.4) is 0 Å². The molecule has 2 heterocycles. The standard InChI is InChI=1S/C16H18BrN5O2/c1-3-15(23)19-8-7-18-13-5-4-6-14(21-13)20-12-9-11(17)10-22(2)16(12)24/h3-6,9-10H,1,7-8H2,2H3,(H,19,23)(H2,18,20,21). The SMILES string of the molecule is C=CC(=O)NCCNc1cccc(Nc2cc(Br)cn(C)c2=O)n1. The lowest BCUT2D eigenvalue weighted by molar-refractivity contribution is -0.116. The van der Waals surface area contributed by atoms with Gasteiger partial charge in [-0.1, -0.05) is 12.6 Å². The monoisotopic (exact) mass is 391 g/mol. The number of carbonyl (C=O) groups excluding carboxylic acids is 1. The van der Waals surface area contributed by atoms with Gasteiger partial charge in [-0.25, -0.2) is 4.98 Å². The molecule has 0 aromatic carbocycles. The molecule has 0 aliphatic rings. The molecule has 0 atom stereocenters. The van der Waals surface area contributed by atoms with E-state index in [2.05, 4.69) is 43.4 Å². The van der Waals surface area contributed by atoms with Crippen molar-refractivity contribution >= 4 is 39.2 Å².